The largest absolute Gasteiger partial charge is 0.493 e. The van der Waals surface area contributed by atoms with E-state index in [0.717, 1.165) is 11.1 Å². The summed E-state index contributed by atoms with van der Waals surface area (Å²) in [5.74, 6) is 3.03. The van der Waals surface area contributed by atoms with Gasteiger partial charge >= 0.3 is 0 Å². The summed E-state index contributed by atoms with van der Waals surface area (Å²) in [4.78, 5) is 0. The zero-order chi connectivity index (χ0) is 19.9. The van der Waals surface area contributed by atoms with Gasteiger partial charge in [0.25, 0.3) is 0 Å². The van der Waals surface area contributed by atoms with Crippen LogP contribution in [0.5, 0.6) is 34.5 Å². The van der Waals surface area contributed by atoms with Crippen LogP contribution in [-0.4, -0.2) is 41.0 Å². The third-order valence-corrected chi connectivity index (χ3v) is 5.30. The number of hydrogen-bond acceptors (Lipinski definition) is 7. The number of fused-ring (bicyclic) bond motifs is 2. The first-order chi connectivity index (χ1) is 13.5. The van der Waals surface area contributed by atoms with Crippen LogP contribution in [0, 0.1) is 0 Å². The van der Waals surface area contributed by atoms with Crippen molar-refractivity contribution in [3.8, 4) is 34.5 Å². The Morgan fingerprint density at radius 1 is 0.857 bits per heavy atom. The molecule has 0 fully saturated rings. The molecule has 0 saturated heterocycles. The molecule has 7 heteroatoms. The maximum Gasteiger partial charge on any atom is 0.231 e. The van der Waals surface area contributed by atoms with Gasteiger partial charge in [0, 0.05) is 38.0 Å². The molecule has 0 aromatic heterocycles. The molecule has 2 aliphatic heterocycles. The summed E-state index contributed by atoms with van der Waals surface area (Å²) >= 11 is 0. The Hall–Kier alpha value is -2.80. The highest BCUT2D eigenvalue weighted by atomic mass is 16.7. The molecular formula is C21H24O7. The van der Waals surface area contributed by atoms with E-state index in [-0.39, 0.29) is 12.7 Å². The van der Waals surface area contributed by atoms with Crippen molar-refractivity contribution < 1.29 is 33.2 Å². The molecule has 2 aromatic rings. The molecule has 2 atom stereocenters. The number of methoxy groups -OCH3 is 4. The molecule has 150 valence electrons. The topological polar surface area (TPSA) is 64.6 Å². The van der Waals surface area contributed by atoms with Gasteiger partial charge in [0.15, 0.2) is 23.0 Å². The molecule has 2 aliphatic rings. The summed E-state index contributed by atoms with van der Waals surface area (Å²) in [6.45, 7) is 2.13. The van der Waals surface area contributed by atoms with Crippen LogP contribution in [0.4, 0.5) is 0 Å². The normalized spacial score (nSPS) is 22.2. The molecule has 7 nitrogen and oxygen atoms in total. The Labute approximate surface area is 164 Å². The van der Waals surface area contributed by atoms with Crippen molar-refractivity contribution in [3.05, 3.63) is 35.4 Å². The number of rotatable bonds is 5. The zero-order valence-electron chi connectivity index (χ0n) is 16.7. The Balaban J connectivity index is 1.88. The van der Waals surface area contributed by atoms with E-state index in [2.05, 4.69) is 0 Å². The first-order valence-corrected chi connectivity index (χ1v) is 8.99. The lowest BCUT2D eigenvalue weighted by Crippen LogP contribution is -2.40. The Kier molecular flexibility index (Phi) is 4.63. The van der Waals surface area contributed by atoms with E-state index in [1.165, 1.54) is 0 Å². The number of ether oxygens (including phenoxy) is 7. The van der Waals surface area contributed by atoms with Crippen molar-refractivity contribution in [2.75, 3.05) is 35.2 Å². The van der Waals surface area contributed by atoms with E-state index in [0.29, 0.717) is 40.9 Å². The molecule has 2 aromatic carbocycles. The van der Waals surface area contributed by atoms with Crippen LogP contribution < -0.4 is 28.4 Å². The van der Waals surface area contributed by atoms with E-state index in [1.54, 1.807) is 28.4 Å². The van der Waals surface area contributed by atoms with E-state index >= 15 is 0 Å². The smallest absolute Gasteiger partial charge is 0.231 e. The van der Waals surface area contributed by atoms with Crippen molar-refractivity contribution >= 4 is 0 Å². The molecule has 0 unspecified atom stereocenters. The first kappa shape index (κ1) is 18.6. The Morgan fingerprint density at radius 2 is 1.50 bits per heavy atom. The maximum absolute atomic E-state index is 6.16. The Morgan fingerprint density at radius 3 is 2.07 bits per heavy atom. The van der Waals surface area contributed by atoms with Gasteiger partial charge in [0.2, 0.25) is 18.3 Å². The highest BCUT2D eigenvalue weighted by molar-refractivity contribution is 5.59. The quantitative estimate of drug-likeness (QED) is 0.773. The van der Waals surface area contributed by atoms with Crippen LogP contribution in [0.3, 0.4) is 0 Å². The minimum absolute atomic E-state index is 0.0306. The standard InChI is InChI=1S/C21H24O7/c1-21(25-5)10-14(12-6-18(22-2)20(24-4)19(7-12)23-3)13-8-16-17(27-11-26-16)9-15(13)28-21/h6-9,14H,10-11H2,1-5H3/t14-,21-/m1/s1. The van der Waals surface area contributed by atoms with E-state index in [4.69, 9.17) is 33.2 Å². The molecule has 0 N–H and O–H groups in total. The second-order valence-electron chi connectivity index (χ2n) is 6.90. The Bertz CT molecular complexity index is 870. The molecular weight excluding hydrogens is 364 g/mol. The molecule has 0 saturated carbocycles. The van der Waals surface area contributed by atoms with Gasteiger partial charge < -0.3 is 33.2 Å². The fourth-order valence-electron chi connectivity index (χ4n) is 3.78. The van der Waals surface area contributed by atoms with Crippen molar-refractivity contribution in [1.82, 2.24) is 0 Å². The van der Waals surface area contributed by atoms with Crippen molar-refractivity contribution in [2.24, 2.45) is 0 Å². The van der Waals surface area contributed by atoms with Gasteiger partial charge in [-0.1, -0.05) is 0 Å². The van der Waals surface area contributed by atoms with Gasteiger partial charge in [-0.3, -0.25) is 0 Å². The van der Waals surface area contributed by atoms with Crippen LogP contribution in [0.15, 0.2) is 24.3 Å². The van der Waals surface area contributed by atoms with Gasteiger partial charge in [-0.15, -0.1) is 0 Å². The molecule has 0 amide bonds. The number of benzene rings is 2. The van der Waals surface area contributed by atoms with E-state index < -0.39 is 5.79 Å². The van der Waals surface area contributed by atoms with Gasteiger partial charge in [-0.2, -0.15) is 0 Å². The lowest BCUT2D eigenvalue weighted by molar-refractivity contribution is -0.163. The van der Waals surface area contributed by atoms with Crippen LogP contribution >= 0.6 is 0 Å². The molecule has 0 bridgehead atoms. The van der Waals surface area contributed by atoms with Gasteiger partial charge in [0.1, 0.15) is 5.75 Å². The summed E-state index contributed by atoms with van der Waals surface area (Å²) < 4.78 is 39.5. The molecule has 28 heavy (non-hydrogen) atoms. The zero-order valence-corrected chi connectivity index (χ0v) is 16.7. The average molecular weight is 388 g/mol. The first-order valence-electron chi connectivity index (χ1n) is 8.99. The third-order valence-electron chi connectivity index (χ3n) is 5.30. The third kappa shape index (κ3) is 2.96. The molecule has 0 radical (unpaired) electrons. The minimum Gasteiger partial charge on any atom is -0.493 e. The summed E-state index contributed by atoms with van der Waals surface area (Å²) in [6, 6.07) is 7.75. The van der Waals surface area contributed by atoms with E-state index in [1.807, 2.05) is 31.2 Å². The fraction of sp³-hybridized carbons (Fsp3) is 0.429. The van der Waals surface area contributed by atoms with Crippen LogP contribution in [0.2, 0.25) is 0 Å². The molecule has 2 heterocycles. The van der Waals surface area contributed by atoms with Crippen molar-refractivity contribution in [3.63, 3.8) is 0 Å². The lowest BCUT2D eigenvalue weighted by atomic mass is 9.82. The summed E-state index contributed by atoms with van der Waals surface area (Å²) in [5, 5.41) is 0. The SMILES string of the molecule is COc1cc([C@H]2C[C@](C)(OC)Oc3cc4c(cc32)OCO4)cc(OC)c1OC. The second kappa shape index (κ2) is 6.98. The summed E-state index contributed by atoms with van der Waals surface area (Å²) in [7, 11) is 6.45. The minimum atomic E-state index is -0.786. The van der Waals surface area contributed by atoms with Crippen molar-refractivity contribution in [2.45, 2.75) is 25.0 Å². The van der Waals surface area contributed by atoms with Crippen LogP contribution in [-0.2, 0) is 4.74 Å². The second-order valence-corrected chi connectivity index (χ2v) is 6.90. The lowest BCUT2D eigenvalue weighted by Gasteiger charge is -2.39. The predicted octanol–water partition coefficient (Wildman–Crippen LogP) is 3.72. The highest BCUT2D eigenvalue weighted by Crippen LogP contribution is 2.51. The van der Waals surface area contributed by atoms with Gasteiger partial charge in [-0.25, -0.2) is 0 Å². The maximum atomic E-state index is 6.16. The fourth-order valence-corrected chi connectivity index (χ4v) is 3.78. The van der Waals surface area contributed by atoms with Gasteiger partial charge in [-0.05, 0) is 23.8 Å². The van der Waals surface area contributed by atoms with Gasteiger partial charge in [0.05, 0.1) is 21.3 Å². The average Bonchev–Trinajstić information content (AvgIpc) is 3.17. The summed E-state index contributed by atoms with van der Waals surface area (Å²) in [5.41, 5.74) is 1.99. The van der Waals surface area contributed by atoms with E-state index in [9.17, 15) is 0 Å². The van der Waals surface area contributed by atoms with Crippen LogP contribution in [0.25, 0.3) is 0 Å². The van der Waals surface area contributed by atoms with Crippen LogP contribution in [0.1, 0.15) is 30.4 Å². The highest BCUT2D eigenvalue weighted by Gasteiger charge is 2.40. The molecule has 0 spiro atoms. The van der Waals surface area contributed by atoms with Crippen molar-refractivity contribution in [1.29, 1.82) is 0 Å². The monoisotopic (exact) mass is 388 g/mol. The number of hydrogen-bond donors (Lipinski definition) is 0. The summed E-state index contributed by atoms with van der Waals surface area (Å²) in [6.07, 6.45) is 0.606. The molecule has 0 aliphatic carbocycles. The predicted molar refractivity (Wildman–Crippen MR) is 101 cm³/mol. The molecule has 4 rings (SSSR count).